The number of aromatic nitrogens is 1. The standard InChI is InChI=1S/C11H12N2S2/c12-5-9-1-3-11(4-2-9)15-7-10-6-14-8-13-10/h1-4,6,8H,5,7,12H2. The molecule has 0 atom stereocenters. The summed E-state index contributed by atoms with van der Waals surface area (Å²) >= 11 is 3.44. The van der Waals surface area contributed by atoms with E-state index in [-0.39, 0.29) is 0 Å². The lowest BCUT2D eigenvalue weighted by molar-refractivity contribution is 1.07. The van der Waals surface area contributed by atoms with E-state index in [9.17, 15) is 0 Å². The van der Waals surface area contributed by atoms with Gasteiger partial charge >= 0.3 is 0 Å². The van der Waals surface area contributed by atoms with Crippen LogP contribution in [0, 0.1) is 0 Å². The Morgan fingerprint density at radius 1 is 1.27 bits per heavy atom. The molecule has 0 saturated carbocycles. The zero-order valence-corrected chi connectivity index (χ0v) is 9.85. The molecular weight excluding hydrogens is 224 g/mol. The molecule has 0 unspecified atom stereocenters. The molecule has 0 aliphatic heterocycles. The van der Waals surface area contributed by atoms with Gasteiger partial charge in [0.05, 0.1) is 11.2 Å². The van der Waals surface area contributed by atoms with E-state index in [1.807, 2.05) is 5.51 Å². The maximum atomic E-state index is 5.54. The van der Waals surface area contributed by atoms with Crippen LogP contribution in [0.25, 0.3) is 0 Å². The smallest absolute Gasteiger partial charge is 0.0795 e. The molecule has 2 N–H and O–H groups in total. The Kier molecular flexibility index (Phi) is 3.77. The lowest BCUT2D eigenvalue weighted by Crippen LogP contribution is -1.94. The van der Waals surface area contributed by atoms with Gasteiger partial charge < -0.3 is 5.73 Å². The van der Waals surface area contributed by atoms with Gasteiger partial charge in [0.2, 0.25) is 0 Å². The van der Waals surface area contributed by atoms with Gasteiger partial charge in [-0.05, 0) is 17.7 Å². The Morgan fingerprint density at radius 3 is 2.67 bits per heavy atom. The van der Waals surface area contributed by atoms with Gasteiger partial charge in [-0.3, -0.25) is 0 Å². The minimum atomic E-state index is 0.608. The Labute approximate surface area is 97.5 Å². The van der Waals surface area contributed by atoms with Gasteiger partial charge in [-0.25, -0.2) is 4.98 Å². The summed E-state index contributed by atoms with van der Waals surface area (Å²) in [7, 11) is 0. The van der Waals surface area contributed by atoms with Gasteiger partial charge in [0.25, 0.3) is 0 Å². The fourth-order valence-electron chi connectivity index (χ4n) is 1.19. The van der Waals surface area contributed by atoms with Crippen molar-refractivity contribution in [1.29, 1.82) is 0 Å². The Morgan fingerprint density at radius 2 is 2.07 bits per heavy atom. The average molecular weight is 236 g/mol. The van der Waals surface area contributed by atoms with Crippen LogP contribution >= 0.6 is 23.1 Å². The van der Waals surface area contributed by atoms with Crippen molar-refractivity contribution < 1.29 is 0 Å². The van der Waals surface area contributed by atoms with E-state index in [4.69, 9.17) is 5.73 Å². The molecule has 4 heteroatoms. The third-order valence-corrected chi connectivity index (χ3v) is 3.71. The summed E-state index contributed by atoms with van der Waals surface area (Å²) in [6.45, 7) is 0.608. The SMILES string of the molecule is NCc1ccc(SCc2cscn2)cc1. The minimum absolute atomic E-state index is 0.608. The summed E-state index contributed by atoms with van der Waals surface area (Å²) in [4.78, 5) is 5.51. The van der Waals surface area contributed by atoms with Crippen molar-refractivity contribution in [2.24, 2.45) is 5.73 Å². The van der Waals surface area contributed by atoms with Gasteiger partial charge in [0, 0.05) is 22.6 Å². The van der Waals surface area contributed by atoms with E-state index >= 15 is 0 Å². The lowest BCUT2D eigenvalue weighted by Gasteiger charge is -2.01. The first kappa shape index (κ1) is 10.7. The fourth-order valence-corrected chi connectivity index (χ4v) is 2.65. The molecule has 0 saturated heterocycles. The van der Waals surface area contributed by atoms with Gasteiger partial charge in [-0.15, -0.1) is 23.1 Å². The van der Waals surface area contributed by atoms with E-state index in [1.165, 1.54) is 10.5 Å². The van der Waals surface area contributed by atoms with Crippen LogP contribution in [0.3, 0.4) is 0 Å². The van der Waals surface area contributed by atoms with Gasteiger partial charge in [0.15, 0.2) is 0 Å². The van der Waals surface area contributed by atoms with E-state index in [0.29, 0.717) is 6.54 Å². The van der Waals surface area contributed by atoms with E-state index in [1.54, 1.807) is 23.1 Å². The molecule has 0 bridgehead atoms. The highest BCUT2D eigenvalue weighted by molar-refractivity contribution is 7.98. The summed E-state index contributed by atoms with van der Waals surface area (Å²) in [6, 6.07) is 8.37. The molecule has 2 nitrogen and oxygen atoms in total. The van der Waals surface area contributed by atoms with Crippen molar-refractivity contribution >= 4 is 23.1 Å². The summed E-state index contributed by atoms with van der Waals surface area (Å²) in [5, 5.41) is 2.08. The van der Waals surface area contributed by atoms with E-state index in [2.05, 4.69) is 34.6 Å². The largest absolute Gasteiger partial charge is 0.326 e. The molecule has 0 amide bonds. The number of nitrogens with zero attached hydrogens (tertiary/aromatic N) is 1. The fraction of sp³-hybridized carbons (Fsp3) is 0.182. The molecule has 0 aliphatic rings. The van der Waals surface area contributed by atoms with Crippen molar-refractivity contribution in [2.75, 3.05) is 0 Å². The zero-order chi connectivity index (χ0) is 10.5. The van der Waals surface area contributed by atoms with Crippen molar-refractivity contribution in [2.45, 2.75) is 17.2 Å². The van der Waals surface area contributed by atoms with Crippen molar-refractivity contribution in [1.82, 2.24) is 4.98 Å². The summed E-state index contributed by atoms with van der Waals surface area (Å²) in [5.41, 5.74) is 9.72. The number of benzene rings is 1. The molecule has 15 heavy (non-hydrogen) atoms. The van der Waals surface area contributed by atoms with Crippen LogP contribution in [0.5, 0.6) is 0 Å². The quantitative estimate of drug-likeness (QED) is 0.830. The summed E-state index contributed by atoms with van der Waals surface area (Å²) < 4.78 is 0. The molecule has 0 fully saturated rings. The number of thioether (sulfide) groups is 1. The second-order valence-corrected chi connectivity index (χ2v) is 4.88. The molecule has 1 heterocycles. The maximum absolute atomic E-state index is 5.54. The predicted octanol–water partition coefficient (Wildman–Crippen LogP) is 2.89. The third kappa shape index (κ3) is 3.06. The first-order valence-corrected chi connectivity index (χ1v) is 6.60. The number of rotatable bonds is 4. The second kappa shape index (κ2) is 5.30. The van der Waals surface area contributed by atoms with E-state index in [0.717, 1.165) is 11.4 Å². The highest BCUT2D eigenvalue weighted by Gasteiger charge is 1.97. The Hall–Kier alpha value is -0.840. The molecule has 0 radical (unpaired) electrons. The number of thiazole rings is 1. The third-order valence-electron chi connectivity index (χ3n) is 2.03. The van der Waals surface area contributed by atoms with Crippen molar-refractivity contribution in [3.05, 3.63) is 46.4 Å². The minimum Gasteiger partial charge on any atom is -0.326 e. The van der Waals surface area contributed by atoms with E-state index < -0.39 is 0 Å². The normalized spacial score (nSPS) is 10.5. The summed E-state index contributed by atoms with van der Waals surface area (Å²) in [5.74, 6) is 0.936. The van der Waals surface area contributed by atoms with Crippen molar-refractivity contribution in [3.63, 3.8) is 0 Å². The van der Waals surface area contributed by atoms with Crippen LogP contribution in [0.1, 0.15) is 11.3 Å². The number of nitrogens with two attached hydrogens (primary N) is 1. The zero-order valence-electron chi connectivity index (χ0n) is 8.22. The topological polar surface area (TPSA) is 38.9 Å². The Balaban J connectivity index is 1.93. The van der Waals surface area contributed by atoms with Gasteiger partial charge in [0.1, 0.15) is 0 Å². The molecule has 0 aliphatic carbocycles. The Bertz CT molecular complexity index is 395. The highest BCUT2D eigenvalue weighted by atomic mass is 32.2. The average Bonchev–Trinajstić information content (AvgIpc) is 2.80. The molecule has 1 aromatic heterocycles. The monoisotopic (exact) mass is 236 g/mol. The highest BCUT2D eigenvalue weighted by Crippen LogP contribution is 2.22. The van der Waals surface area contributed by atoms with Gasteiger partial charge in [-0.1, -0.05) is 12.1 Å². The van der Waals surface area contributed by atoms with Crippen LogP contribution < -0.4 is 5.73 Å². The molecule has 1 aromatic carbocycles. The van der Waals surface area contributed by atoms with Gasteiger partial charge in [-0.2, -0.15) is 0 Å². The van der Waals surface area contributed by atoms with Crippen LogP contribution in [0.2, 0.25) is 0 Å². The molecule has 2 aromatic rings. The first-order chi connectivity index (χ1) is 7.38. The summed E-state index contributed by atoms with van der Waals surface area (Å²) in [6.07, 6.45) is 0. The lowest BCUT2D eigenvalue weighted by atomic mass is 10.2. The van der Waals surface area contributed by atoms with Crippen LogP contribution in [0.15, 0.2) is 40.1 Å². The second-order valence-electron chi connectivity index (χ2n) is 3.12. The first-order valence-electron chi connectivity index (χ1n) is 4.67. The molecule has 2 rings (SSSR count). The number of hydrogen-bond acceptors (Lipinski definition) is 4. The van der Waals surface area contributed by atoms with Crippen LogP contribution in [0.4, 0.5) is 0 Å². The molecular formula is C11H12N2S2. The maximum Gasteiger partial charge on any atom is 0.0795 e. The number of hydrogen-bond donors (Lipinski definition) is 1. The molecule has 78 valence electrons. The molecule has 0 spiro atoms. The van der Waals surface area contributed by atoms with Crippen LogP contribution in [-0.2, 0) is 12.3 Å². The predicted molar refractivity (Wildman–Crippen MR) is 66.0 cm³/mol. The van der Waals surface area contributed by atoms with Crippen LogP contribution in [-0.4, -0.2) is 4.98 Å². The van der Waals surface area contributed by atoms with Crippen molar-refractivity contribution in [3.8, 4) is 0 Å².